The number of imide groups is 1. The maximum atomic E-state index is 12.3. The Hall–Kier alpha value is -2.98. The minimum absolute atomic E-state index is 0.0164. The Balaban J connectivity index is 0.000000459. The van der Waals surface area contributed by atoms with Crippen molar-refractivity contribution in [2.75, 3.05) is 32.7 Å². The van der Waals surface area contributed by atoms with Gasteiger partial charge in [0.05, 0.1) is 12.2 Å². The highest BCUT2D eigenvalue weighted by atomic mass is 16.6. The first-order valence-corrected chi connectivity index (χ1v) is 17.2. The summed E-state index contributed by atoms with van der Waals surface area (Å²) in [4.78, 5) is 49.9. The van der Waals surface area contributed by atoms with Gasteiger partial charge < -0.3 is 24.4 Å². The van der Waals surface area contributed by atoms with Gasteiger partial charge in [0.1, 0.15) is 11.4 Å². The smallest absolute Gasteiger partial charge is 0.410 e. The molecule has 4 aliphatic rings. The zero-order chi connectivity index (χ0) is 33.6. The number of amides is 3. The van der Waals surface area contributed by atoms with Gasteiger partial charge in [0.15, 0.2) is 5.78 Å². The minimum atomic E-state index is -0.649. The molecule has 0 aromatic heterocycles. The molecule has 1 spiro atoms. The van der Waals surface area contributed by atoms with E-state index in [1.807, 2.05) is 51.7 Å². The van der Waals surface area contributed by atoms with E-state index in [0.29, 0.717) is 41.7 Å². The first-order valence-electron chi connectivity index (χ1n) is 17.2. The summed E-state index contributed by atoms with van der Waals surface area (Å²) in [6, 6.07) is 5.51. The minimum Gasteiger partial charge on any atom is -0.490 e. The Morgan fingerprint density at radius 1 is 1.07 bits per heavy atom. The average Bonchev–Trinajstić information content (AvgIpc) is 2.98. The SMILES string of the molecule is CC1CCC(=O)NC1=O.CCC(O)c1cc(OC2CC3(CCN(CC4CCN(C(=O)OC(C)(C)C)CC4)CC3)C2)ccc1C(C)=O. The molecule has 3 saturated heterocycles. The molecule has 0 bridgehead atoms. The lowest BCUT2D eigenvalue weighted by molar-refractivity contribution is -0.135. The lowest BCUT2D eigenvalue weighted by Gasteiger charge is -2.52. The van der Waals surface area contributed by atoms with E-state index in [9.17, 15) is 24.3 Å². The van der Waals surface area contributed by atoms with Gasteiger partial charge in [0.2, 0.25) is 11.8 Å². The van der Waals surface area contributed by atoms with Crippen LogP contribution in [0.15, 0.2) is 18.2 Å². The van der Waals surface area contributed by atoms with E-state index in [2.05, 4.69) is 10.2 Å². The van der Waals surface area contributed by atoms with E-state index in [1.165, 1.54) is 19.8 Å². The molecule has 256 valence electrons. The molecular weight excluding hydrogens is 586 g/mol. The lowest BCUT2D eigenvalue weighted by atomic mass is 9.61. The van der Waals surface area contributed by atoms with Gasteiger partial charge in [0.25, 0.3) is 0 Å². The third-order valence-electron chi connectivity index (χ3n) is 9.99. The van der Waals surface area contributed by atoms with Crippen molar-refractivity contribution in [3.05, 3.63) is 29.3 Å². The molecule has 1 aromatic rings. The number of Topliss-reactive ketones (excluding diaryl/α,β-unsaturated/α-hetero) is 1. The van der Waals surface area contributed by atoms with Crippen molar-refractivity contribution in [3.8, 4) is 5.75 Å². The summed E-state index contributed by atoms with van der Waals surface area (Å²) < 4.78 is 11.8. The van der Waals surface area contributed by atoms with Crippen molar-refractivity contribution in [2.45, 2.75) is 117 Å². The lowest BCUT2D eigenvalue weighted by Crippen LogP contribution is -2.52. The van der Waals surface area contributed by atoms with Crippen LogP contribution in [0.5, 0.6) is 5.75 Å². The van der Waals surface area contributed by atoms with Gasteiger partial charge in [-0.25, -0.2) is 4.79 Å². The van der Waals surface area contributed by atoms with Crippen LogP contribution in [0.1, 0.15) is 121 Å². The first kappa shape index (κ1) is 35.9. The van der Waals surface area contributed by atoms with E-state index in [4.69, 9.17) is 9.47 Å². The topological polar surface area (TPSA) is 125 Å². The molecule has 3 heterocycles. The normalized spacial score (nSPS) is 23.1. The molecule has 3 amide bonds. The van der Waals surface area contributed by atoms with Crippen LogP contribution in [0, 0.1) is 17.3 Å². The number of benzene rings is 1. The molecule has 1 aromatic carbocycles. The highest BCUT2D eigenvalue weighted by Crippen LogP contribution is 2.50. The van der Waals surface area contributed by atoms with Crippen LogP contribution in [0.4, 0.5) is 4.79 Å². The van der Waals surface area contributed by atoms with E-state index >= 15 is 0 Å². The number of hydrogen-bond donors (Lipinski definition) is 2. The van der Waals surface area contributed by atoms with Crippen molar-refractivity contribution < 1.29 is 33.8 Å². The quantitative estimate of drug-likeness (QED) is 0.289. The molecule has 1 saturated carbocycles. The number of piperidine rings is 3. The molecule has 2 unspecified atom stereocenters. The Bertz CT molecular complexity index is 1230. The molecular formula is C36H55N3O7. The Morgan fingerprint density at radius 2 is 1.72 bits per heavy atom. The van der Waals surface area contributed by atoms with Crippen LogP contribution >= 0.6 is 0 Å². The molecule has 2 atom stereocenters. The maximum Gasteiger partial charge on any atom is 0.410 e. The van der Waals surface area contributed by atoms with Crippen LogP contribution in [-0.2, 0) is 14.3 Å². The number of carbonyl (C=O) groups is 4. The van der Waals surface area contributed by atoms with Crippen molar-refractivity contribution in [1.82, 2.24) is 15.1 Å². The first-order chi connectivity index (χ1) is 21.7. The van der Waals surface area contributed by atoms with Gasteiger partial charge in [0, 0.05) is 37.5 Å². The second-order valence-electron chi connectivity index (χ2n) is 14.9. The fourth-order valence-electron chi connectivity index (χ4n) is 7.02. The van der Waals surface area contributed by atoms with Crippen molar-refractivity contribution >= 4 is 23.7 Å². The van der Waals surface area contributed by atoms with Gasteiger partial charge in [-0.1, -0.05) is 13.8 Å². The standard InChI is InChI=1S/C30H46N2O5.C6H9NO2/c1-6-27(34)26-17-23(7-8-25(26)21(2)33)36-24-18-30(19-24)11-15-31(16-12-30)20-22-9-13-32(14-10-22)28(35)37-29(3,4)5;1-4-2-3-5(8)7-6(4)9/h7-8,17,22,24,27,34H,6,9-16,18-20H2,1-5H3;4H,2-3H2,1H3,(H,7,8,9). The monoisotopic (exact) mass is 641 g/mol. The number of ether oxygens (including phenoxy) is 2. The fourth-order valence-corrected chi connectivity index (χ4v) is 7.02. The van der Waals surface area contributed by atoms with Crippen molar-refractivity contribution in [2.24, 2.45) is 17.3 Å². The van der Waals surface area contributed by atoms with E-state index < -0.39 is 11.7 Å². The molecule has 0 radical (unpaired) electrons. The number of nitrogens with zero attached hydrogens (tertiary/aromatic N) is 2. The molecule has 46 heavy (non-hydrogen) atoms. The third-order valence-corrected chi connectivity index (χ3v) is 9.99. The number of ketones is 1. The molecule has 1 aliphatic carbocycles. The molecule has 4 fully saturated rings. The predicted molar refractivity (Wildman–Crippen MR) is 176 cm³/mol. The summed E-state index contributed by atoms with van der Waals surface area (Å²) in [5.74, 6) is 1.11. The number of likely N-dealkylation sites (tertiary alicyclic amines) is 2. The van der Waals surface area contributed by atoms with Gasteiger partial charge in [-0.05, 0) is 127 Å². The van der Waals surface area contributed by atoms with E-state index in [0.717, 1.165) is 64.2 Å². The Kier molecular flexibility index (Phi) is 11.9. The molecule has 3 aliphatic heterocycles. The summed E-state index contributed by atoms with van der Waals surface area (Å²) in [6.07, 6.45) is 7.82. The van der Waals surface area contributed by atoms with E-state index in [1.54, 1.807) is 6.07 Å². The number of aliphatic hydroxyl groups is 1. The summed E-state index contributed by atoms with van der Waals surface area (Å²) in [6.45, 7) is 16.0. The second-order valence-corrected chi connectivity index (χ2v) is 14.9. The zero-order valence-electron chi connectivity index (χ0n) is 28.7. The Labute approximate surface area is 274 Å². The van der Waals surface area contributed by atoms with Crippen molar-refractivity contribution in [1.29, 1.82) is 0 Å². The highest BCUT2D eigenvalue weighted by molar-refractivity contribution is 5.98. The largest absolute Gasteiger partial charge is 0.490 e. The summed E-state index contributed by atoms with van der Waals surface area (Å²) >= 11 is 0. The van der Waals surface area contributed by atoms with Crippen molar-refractivity contribution in [3.63, 3.8) is 0 Å². The number of aliphatic hydroxyl groups excluding tert-OH is 1. The van der Waals surface area contributed by atoms with Gasteiger partial charge in [-0.3, -0.25) is 19.7 Å². The number of hydrogen-bond acceptors (Lipinski definition) is 8. The van der Waals surface area contributed by atoms with Crippen LogP contribution in [-0.4, -0.2) is 83.0 Å². The number of nitrogens with one attached hydrogen (secondary N) is 1. The summed E-state index contributed by atoms with van der Waals surface area (Å²) in [7, 11) is 0. The van der Waals surface area contributed by atoms with Crippen LogP contribution in [0.2, 0.25) is 0 Å². The maximum absolute atomic E-state index is 12.3. The fraction of sp³-hybridized carbons (Fsp3) is 0.722. The molecule has 10 nitrogen and oxygen atoms in total. The molecule has 10 heteroatoms. The van der Waals surface area contributed by atoms with E-state index in [-0.39, 0.29) is 35.7 Å². The number of rotatable bonds is 7. The van der Waals surface area contributed by atoms with Crippen LogP contribution in [0.25, 0.3) is 0 Å². The third kappa shape index (κ3) is 9.77. The summed E-state index contributed by atoms with van der Waals surface area (Å²) in [5.41, 5.74) is 1.21. The van der Waals surface area contributed by atoms with Gasteiger partial charge in [-0.15, -0.1) is 0 Å². The zero-order valence-corrected chi connectivity index (χ0v) is 28.7. The average molecular weight is 642 g/mol. The van der Waals surface area contributed by atoms with Crippen LogP contribution in [0.3, 0.4) is 0 Å². The van der Waals surface area contributed by atoms with Gasteiger partial charge in [-0.2, -0.15) is 0 Å². The molecule has 2 N–H and O–H groups in total. The predicted octanol–water partition coefficient (Wildman–Crippen LogP) is 5.66. The second kappa shape index (κ2) is 15.3. The summed E-state index contributed by atoms with van der Waals surface area (Å²) in [5, 5.41) is 12.6. The Morgan fingerprint density at radius 3 is 2.26 bits per heavy atom. The molecule has 5 rings (SSSR count). The van der Waals surface area contributed by atoms with Crippen LogP contribution < -0.4 is 10.1 Å². The van der Waals surface area contributed by atoms with Gasteiger partial charge >= 0.3 is 6.09 Å². The number of carbonyl (C=O) groups excluding carboxylic acids is 4. The highest BCUT2D eigenvalue weighted by Gasteiger charge is 2.47.